The standard InChI is InChI=1S/C14H18FN3O4/c1-2-3-4-12(19)21-8-9-5-6-11(22-9)18-7-10(15)13(16)17-14(18)20/h5-7,9,11H,2-4,8H2,1H3,(H2,16,17,20)/t9-,11+/m0/s1. The van der Waals surface area contributed by atoms with Crippen molar-refractivity contribution in [1.29, 1.82) is 0 Å². The Bertz CT molecular complexity index is 629. The number of nitrogens with zero attached hydrogens (tertiary/aromatic N) is 2. The first-order valence-electron chi connectivity index (χ1n) is 7.04. The second-order valence-electron chi connectivity index (χ2n) is 4.90. The minimum atomic E-state index is -0.800. The number of unbranched alkanes of at least 4 members (excludes halogenated alkanes) is 1. The van der Waals surface area contributed by atoms with E-state index in [2.05, 4.69) is 4.98 Å². The summed E-state index contributed by atoms with van der Waals surface area (Å²) < 4.78 is 25.0. The monoisotopic (exact) mass is 311 g/mol. The highest BCUT2D eigenvalue weighted by atomic mass is 19.1. The van der Waals surface area contributed by atoms with Crippen LogP contribution in [0.15, 0.2) is 23.1 Å². The molecule has 0 bridgehead atoms. The molecule has 2 atom stereocenters. The molecular formula is C14H18FN3O4. The maximum Gasteiger partial charge on any atom is 0.352 e. The molecule has 2 N–H and O–H groups in total. The molecule has 7 nitrogen and oxygen atoms in total. The third-order valence-corrected chi connectivity index (χ3v) is 3.16. The molecule has 0 aliphatic carbocycles. The summed E-state index contributed by atoms with van der Waals surface area (Å²) in [4.78, 5) is 26.5. The average molecular weight is 311 g/mol. The minimum Gasteiger partial charge on any atom is -0.463 e. The zero-order valence-electron chi connectivity index (χ0n) is 12.2. The molecule has 0 fully saturated rings. The summed E-state index contributed by atoms with van der Waals surface area (Å²) in [5, 5.41) is 0. The quantitative estimate of drug-likeness (QED) is 0.625. The second kappa shape index (κ2) is 7.17. The van der Waals surface area contributed by atoms with Gasteiger partial charge in [-0.2, -0.15) is 4.98 Å². The van der Waals surface area contributed by atoms with Crippen molar-refractivity contribution in [2.24, 2.45) is 0 Å². The van der Waals surface area contributed by atoms with Gasteiger partial charge in [0.2, 0.25) is 0 Å². The lowest BCUT2D eigenvalue weighted by molar-refractivity contribution is -0.147. The van der Waals surface area contributed by atoms with Crippen molar-refractivity contribution in [2.75, 3.05) is 12.3 Å². The van der Waals surface area contributed by atoms with Crippen LogP contribution in [0.5, 0.6) is 0 Å². The molecule has 0 spiro atoms. The molecular weight excluding hydrogens is 293 g/mol. The van der Waals surface area contributed by atoms with Crippen molar-refractivity contribution in [3.63, 3.8) is 0 Å². The molecule has 120 valence electrons. The fourth-order valence-corrected chi connectivity index (χ4v) is 1.95. The molecule has 8 heteroatoms. The van der Waals surface area contributed by atoms with Crippen molar-refractivity contribution >= 4 is 11.8 Å². The van der Waals surface area contributed by atoms with Crippen molar-refractivity contribution in [3.8, 4) is 0 Å². The zero-order valence-corrected chi connectivity index (χ0v) is 12.2. The Labute approximate surface area is 126 Å². The smallest absolute Gasteiger partial charge is 0.352 e. The Morgan fingerprint density at radius 3 is 3.05 bits per heavy atom. The molecule has 22 heavy (non-hydrogen) atoms. The van der Waals surface area contributed by atoms with E-state index in [-0.39, 0.29) is 12.6 Å². The Balaban J connectivity index is 1.91. The summed E-state index contributed by atoms with van der Waals surface area (Å²) in [6.45, 7) is 2.04. The summed E-state index contributed by atoms with van der Waals surface area (Å²) in [5.74, 6) is -1.55. The Hall–Kier alpha value is -2.22. The van der Waals surface area contributed by atoms with Crippen LogP contribution in [0, 0.1) is 5.82 Å². The molecule has 2 heterocycles. The fourth-order valence-electron chi connectivity index (χ4n) is 1.95. The predicted octanol–water partition coefficient (Wildman–Crippen LogP) is 1.15. The van der Waals surface area contributed by atoms with E-state index < -0.39 is 29.7 Å². The van der Waals surface area contributed by atoms with E-state index in [1.165, 1.54) is 0 Å². The number of carbonyl (C=O) groups excluding carboxylic acids is 1. The highest BCUT2D eigenvalue weighted by Gasteiger charge is 2.23. The van der Waals surface area contributed by atoms with Crippen LogP contribution in [0.25, 0.3) is 0 Å². The van der Waals surface area contributed by atoms with Crippen LogP contribution in [0.3, 0.4) is 0 Å². The highest BCUT2D eigenvalue weighted by Crippen LogP contribution is 2.20. The van der Waals surface area contributed by atoms with Crippen LogP contribution in [-0.2, 0) is 14.3 Å². The number of esters is 1. The molecule has 0 saturated heterocycles. The summed E-state index contributed by atoms with van der Waals surface area (Å²) >= 11 is 0. The lowest BCUT2D eigenvalue weighted by Gasteiger charge is -2.16. The summed E-state index contributed by atoms with van der Waals surface area (Å²) in [7, 11) is 0. The highest BCUT2D eigenvalue weighted by molar-refractivity contribution is 5.69. The molecule has 0 radical (unpaired) electrons. The maximum atomic E-state index is 13.4. The van der Waals surface area contributed by atoms with Crippen LogP contribution >= 0.6 is 0 Å². The van der Waals surface area contributed by atoms with Gasteiger partial charge in [0.1, 0.15) is 12.7 Å². The molecule has 0 unspecified atom stereocenters. The molecule has 1 aromatic heterocycles. The topological polar surface area (TPSA) is 96.4 Å². The Kier molecular flexibility index (Phi) is 5.26. The SMILES string of the molecule is CCCCC(=O)OC[C@@H]1C=C[C@H](n2cc(F)c(N)nc2=O)O1. The van der Waals surface area contributed by atoms with Gasteiger partial charge in [0.15, 0.2) is 17.9 Å². The van der Waals surface area contributed by atoms with Crippen molar-refractivity contribution in [1.82, 2.24) is 9.55 Å². The van der Waals surface area contributed by atoms with Gasteiger partial charge in [-0.3, -0.25) is 9.36 Å². The fraction of sp³-hybridized carbons (Fsp3) is 0.500. The first-order chi connectivity index (χ1) is 10.5. The van der Waals surface area contributed by atoms with Gasteiger partial charge >= 0.3 is 11.7 Å². The van der Waals surface area contributed by atoms with E-state index >= 15 is 0 Å². The number of hydrogen-bond acceptors (Lipinski definition) is 6. The van der Waals surface area contributed by atoms with Crippen LogP contribution in [-0.4, -0.2) is 28.2 Å². The van der Waals surface area contributed by atoms with Gasteiger partial charge in [-0.1, -0.05) is 19.4 Å². The summed E-state index contributed by atoms with van der Waals surface area (Å²) in [6, 6.07) is 0. The third kappa shape index (κ3) is 3.91. The van der Waals surface area contributed by atoms with Crippen molar-refractivity contribution in [2.45, 2.75) is 38.5 Å². The number of anilines is 1. The number of carbonyl (C=O) groups is 1. The number of rotatable bonds is 6. The van der Waals surface area contributed by atoms with Crippen LogP contribution < -0.4 is 11.4 Å². The van der Waals surface area contributed by atoms with Crippen molar-refractivity contribution in [3.05, 3.63) is 34.7 Å². The predicted molar refractivity (Wildman–Crippen MR) is 76.4 cm³/mol. The number of nitrogens with two attached hydrogens (primary N) is 1. The first-order valence-corrected chi connectivity index (χ1v) is 7.04. The molecule has 2 rings (SSSR count). The second-order valence-corrected chi connectivity index (χ2v) is 4.90. The van der Waals surface area contributed by atoms with Gasteiger partial charge in [-0.15, -0.1) is 0 Å². The lowest BCUT2D eigenvalue weighted by Crippen LogP contribution is -2.29. The number of aromatic nitrogens is 2. The van der Waals surface area contributed by atoms with E-state index in [1.807, 2.05) is 6.92 Å². The van der Waals surface area contributed by atoms with Gasteiger partial charge in [0, 0.05) is 6.42 Å². The number of hydrogen-bond donors (Lipinski definition) is 1. The summed E-state index contributed by atoms with van der Waals surface area (Å²) in [6.07, 6.45) is 4.93. The van der Waals surface area contributed by atoms with Gasteiger partial charge in [-0.25, -0.2) is 9.18 Å². The van der Waals surface area contributed by atoms with Gasteiger partial charge in [-0.05, 0) is 12.5 Å². The zero-order chi connectivity index (χ0) is 16.1. The van der Waals surface area contributed by atoms with Gasteiger partial charge in [0.05, 0.1) is 6.20 Å². The molecule has 0 amide bonds. The molecule has 1 aliphatic rings. The molecule has 1 aliphatic heterocycles. The normalized spacial score (nSPS) is 20.3. The Morgan fingerprint density at radius 1 is 1.55 bits per heavy atom. The van der Waals surface area contributed by atoms with E-state index in [4.69, 9.17) is 15.2 Å². The van der Waals surface area contributed by atoms with Gasteiger partial charge < -0.3 is 15.2 Å². The number of halogens is 1. The van der Waals surface area contributed by atoms with Crippen molar-refractivity contribution < 1.29 is 18.7 Å². The first kappa shape index (κ1) is 16.2. The van der Waals surface area contributed by atoms with Crippen LogP contribution in [0.2, 0.25) is 0 Å². The number of ether oxygens (including phenoxy) is 2. The molecule has 0 aromatic carbocycles. The lowest BCUT2D eigenvalue weighted by atomic mass is 10.2. The van der Waals surface area contributed by atoms with E-state index in [9.17, 15) is 14.0 Å². The van der Waals surface area contributed by atoms with E-state index in [1.54, 1.807) is 12.2 Å². The number of nitrogen functional groups attached to an aromatic ring is 1. The molecule has 1 aromatic rings. The minimum absolute atomic E-state index is 0.0508. The Morgan fingerprint density at radius 2 is 2.32 bits per heavy atom. The van der Waals surface area contributed by atoms with E-state index in [0.29, 0.717) is 6.42 Å². The van der Waals surface area contributed by atoms with Crippen LogP contribution in [0.4, 0.5) is 10.2 Å². The average Bonchev–Trinajstić information content (AvgIpc) is 2.95. The molecule has 0 saturated carbocycles. The summed E-state index contributed by atoms with van der Waals surface area (Å²) in [5.41, 5.74) is 4.51. The van der Waals surface area contributed by atoms with Gasteiger partial charge in [0.25, 0.3) is 0 Å². The van der Waals surface area contributed by atoms with Crippen LogP contribution in [0.1, 0.15) is 32.4 Å². The third-order valence-electron chi connectivity index (χ3n) is 3.16. The van der Waals surface area contributed by atoms with E-state index in [0.717, 1.165) is 23.6 Å². The maximum absolute atomic E-state index is 13.4. The largest absolute Gasteiger partial charge is 0.463 e.